The summed E-state index contributed by atoms with van der Waals surface area (Å²) in [5.41, 5.74) is 1.99. The highest BCUT2D eigenvalue weighted by Gasteiger charge is 2.48. The summed E-state index contributed by atoms with van der Waals surface area (Å²) in [5.74, 6) is -1.86. The van der Waals surface area contributed by atoms with Gasteiger partial charge in [0.05, 0.1) is 43.1 Å². The Labute approximate surface area is 394 Å². The molecule has 0 spiro atoms. The van der Waals surface area contributed by atoms with E-state index in [9.17, 15) is 33.9 Å². The second-order valence-corrected chi connectivity index (χ2v) is 23.1. The molecular weight excluding hydrogens is 879 g/mol. The van der Waals surface area contributed by atoms with Crippen molar-refractivity contribution < 1.29 is 57.2 Å². The van der Waals surface area contributed by atoms with Crippen molar-refractivity contribution in [2.45, 2.75) is 116 Å². The topological polar surface area (TPSA) is 220 Å². The van der Waals surface area contributed by atoms with E-state index in [0.717, 1.165) is 0 Å². The average molecular weight is 946 g/mol. The molecule has 1 heterocycles. The number of hydrogen-bond acceptors (Lipinski definition) is 12. The van der Waals surface area contributed by atoms with Crippen LogP contribution in [-0.4, -0.2) is 105 Å². The highest BCUT2D eigenvalue weighted by molar-refractivity contribution is 6.78. The zero-order valence-corrected chi connectivity index (χ0v) is 41.2. The number of aliphatic hydroxyl groups is 1. The molecule has 0 radical (unpaired) electrons. The van der Waals surface area contributed by atoms with Crippen LogP contribution in [0.3, 0.4) is 0 Å². The summed E-state index contributed by atoms with van der Waals surface area (Å²) < 4.78 is 29.2. The first-order valence-corrected chi connectivity index (χ1v) is 24.7. The van der Waals surface area contributed by atoms with Crippen LogP contribution in [0, 0.1) is 5.92 Å². The number of alkyl carbamates (subject to hydrolysis) is 1. The molecule has 1 fully saturated rings. The molecule has 0 aliphatic carbocycles. The molecule has 3 aromatic carbocycles. The van der Waals surface area contributed by atoms with Crippen molar-refractivity contribution in [3.05, 3.63) is 96.1 Å². The summed E-state index contributed by atoms with van der Waals surface area (Å²) in [7, 11) is -1.12. The van der Waals surface area contributed by atoms with E-state index in [-0.39, 0.29) is 65.7 Å². The van der Waals surface area contributed by atoms with Gasteiger partial charge in [-0.15, -0.1) is 0 Å². The van der Waals surface area contributed by atoms with E-state index in [1.165, 1.54) is 31.1 Å². The first-order chi connectivity index (χ1) is 31.7. The molecule has 0 bridgehead atoms. The van der Waals surface area contributed by atoms with Gasteiger partial charge in [-0.25, -0.2) is 14.4 Å². The van der Waals surface area contributed by atoms with Gasteiger partial charge in [-0.2, -0.15) is 0 Å². The maximum absolute atomic E-state index is 14.5. The molecule has 3 aromatic rings. The number of nitrogens with zero attached hydrogens (tertiary/aromatic N) is 1. The first kappa shape index (κ1) is 53.2. The Bertz CT molecular complexity index is 2180. The van der Waals surface area contributed by atoms with Gasteiger partial charge in [-0.1, -0.05) is 98.4 Å². The van der Waals surface area contributed by atoms with Gasteiger partial charge in [-0.3, -0.25) is 19.7 Å². The lowest BCUT2D eigenvalue weighted by Gasteiger charge is -2.42. The molecule has 5 N–H and O–H groups in total. The molecule has 18 heteroatoms. The lowest BCUT2D eigenvalue weighted by molar-refractivity contribution is -0.128. The van der Waals surface area contributed by atoms with Crippen LogP contribution >= 0.6 is 0 Å². The number of anilines is 2. The maximum Gasteiger partial charge on any atom is 0.411 e. The largest absolute Gasteiger partial charge is 0.540 e. The summed E-state index contributed by atoms with van der Waals surface area (Å²) in [4.78, 5) is 80.6. The number of carbonyl (C=O) groups is 6. The SMILES string of the molecule is C=CCOC(=O)NC(C(=O)NC(C)C(=O)Nc1ccc(COC(=O)Nc2cc(O[Si](C(C)C)(C(C)C)C(C)C)c(OC)cc2C(=O)N2C[C@@H](OC(=O)c3ccccc3)C[C@H]2CO)cc1)C(C)C. The molecule has 1 saturated heterocycles. The Morgan fingerprint density at radius 2 is 1.45 bits per heavy atom. The van der Waals surface area contributed by atoms with E-state index < -0.39 is 75.0 Å². The average Bonchev–Trinajstić information content (AvgIpc) is 3.71. The van der Waals surface area contributed by atoms with E-state index in [4.69, 9.17) is 23.4 Å². The summed E-state index contributed by atoms with van der Waals surface area (Å²) in [6.07, 6.45) is -0.782. The molecule has 1 aliphatic heterocycles. The summed E-state index contributed by atoms with van der Waals surface area (Å²) in [5, 5.41) is 21.0. The highest BCUT2D eigenvalue weighted by Crippen LogP contribution is 2.46. The second kappa shape index (κ2) is 24.4. The van der Waals surface area contributed by atoms with Gasteiger partial charge in [-0.05, 0) is 65.4 Å². The Hall–Kier alpha value is -6.40. The van der Waals surface area contributed by atoms with Crippen LogP contribution in [0.1, 0.15) is 95.0 Å². The molecule has 67 heavy (non-hydrogen) atoms. The lowest BCUT2D eigenvalue weighted by Crippen LogP contribution is -2.53. The molecular formula is C49H67N5O12Si. The third-order valence-corrected chi connectivity index (χ3v) is 17.8. The van der Waals surface area contributed by atoms with Crippen LogP contribution in [-0.2, 0) is 30.4 Å². The van der Waals surface area contributed by atoms with Crippen LogP contribution in [0.2, 0.25) is 16.6 Å². The number of carbonyl (C=O) groups excluding carboxylic acids is 6. The number of amides is 5. The van der Waals surface area contributed by atoms with Gasteiger partial charge in [0.15, 0.2) is 5.75 Å². The molecule has 0 aromatic heterocycles. The normalized spacial score (nSPS) is 15.7. The second-order valence-electron chi connectivity index (χ2n) is 17.8. The third-order valence-electron chi connectivity index (χ3n) is 11.8. The fraction of sp³-hybridized carbons (Fsp3) is 0.469. The third kappa shape index (κ3) is 13.8. The van der Waals surface area contributed by atoms with Crippen LogP contribution < -0.4 is 30.4 Å². The summed E-state index contributed by atoms with van der Waals surface area (Å²) in [6, 6.07) is 15.4. The van der Waals surface area contributed by atoms with E-state index in [1.807, 2.05) is 0 Å². The molecule has 364 valence electrons. The molecule has 5 amide bonds. The van der Waals surface area contributed by atoms with Gasteiger partial charge in [0.2, 0.25) is 11.8 Å². The van der Waals surface area contributed by atoms with Crippen molar-refractivity contribution in [1.82, 2.24) is 15.5 Å². The maximum atomic E-state index is 14.5. The van der Waals surface area contributed by atoms with Crippen LogP contribution in [0.4, 0.5) is 21.0 Å². The van der Waals surface area contributed by atoms with Gasteiger partial charge in [0, 0.05) is 18.2 Å². The fourth-order valence-corrected chi connectivity index (χ4v) is 13.6. The van der Waals surface area contributed by atoms with Crippen LogP contribution in [0.5, 0.6) is 11.5 Å². The zero-order valence-electron chi connectivity index (χ0n) is 40.2. The number of likely N-dealkylation sites (tertiary alicyclic amines) is 1. The Kier molecular flexibility index (Phi) is 19.4. The van der Waals surface area contributed by atoms with Gasteiger partial charge < -0.3 is 49.3 Å². The van der Waals surface area contributed by atoms with Crippen molar-refractivity contribution in [1.29, 1.82) is 0 Å². The van der Waals surface area contributed by atoms with Crippen molar-refractivity contribution in [3.63, 3.8) is 0 Å². The van der Waals surface area contributed by atoms with E-state index >= 15 is 0 Å². The Morgan fingerprint density at radius 3 is 2.01 bits per heavy atom. The highest BCUT2D eigenvalue weighted by atomic mass is 28.4. The quantitative estimate of drug-likeness (QED) is 0.0299. The molecule has 2 unspecified atom stereocenters. The molecule has 1 aliphatic rings. The van der Waals surface area contributed by atoms with E-state index in [0.29, 0.717) is 22.6 Å². The number of ether oxygens (including phenoxy) is 4. The fourth-order valence-electron chi connectivity index (χ4n) is 8.39. The minimum Gasteiger partial charge on any atom is -0.540 e. The number of esters is 1. The van der Waals surface area contributed by atoms with Gasteiger partial charge >= 0.3 is 18.2 Å². The van der Waals surface area contributed by atoms with Crippen LogP contribution in [0.15, 0.2) is 79.4 Å². The number of rotatable bonds is 21. The minimum atomic E-state index is -2.59. The van der Waals surface area contributed by atoms with E-state index in [1.54, 1.807) is 74.5 Å². The van der Waals surface area contributed by atoms with Crippen LogP contribution in [0.25, 0.3) is 0 Å². The predicted molar refractivity (Wildman–Crippen MR) is 257 cm³/mol. The van der Waals surface area contributed by atoms with Gasteiger partial charge in [0.25, 0.3) is 14.2 Å². The molecule has 17 nitrogen and oxygen atoms in total. The lowest BCUT2D eigenvalue weighted by atomic mass is 10.0. The van der Waals surface area contributed by atoms with Crippen molar-refractivity contribution in [2.24, 2.45) is 5.92 Å². The number of nitrogens with one attached hydrogen (secondary N) is 4. The number of benzene rings is 3. The Balaban J connectivity index is 1.52. The monoisotopic (exact) mass is 945 g/mol. The smallest absolute Gasteiger partial charge is 0.411 e. The van der Waals surface area contributed by atoms with Crippen molar-refractivity contribution in [2.75, 3.05) is 37.5 Å². The summed E-state index contributed by atoms with van der Waals surface area (Å²) >= 11 is 0. The van der Waals surface area contributed by atoms with Gasteiger partial charge in [0.1, 0.15) is 37.2 Å². The first-order valence-electron chi connectivity index (χ1n) is 22.5. The Morgan fingerprint density at radius 1 is 0.806 bits per heavy atom. The van der Waals surface area contributed by atoms with Crippen molar-refractivity contribution >= 4 is 55.6 Å². The molecule has 4 atom stereocenters. The number of hydrogen-bond donors (Lipinski definition) is 5. The van der Waals surface area contributed by atoms with Crippen molar-refractivity contribution in [3.8, 4) is 11.5 Å². The zero-order chi connectivity index (χ0) is 49.6. The minimum absolute atomic E-state index is 0.00799. The van der Waals surface area contributed by atoms with E-state index in [2.05, 4.69) is 69.4 Å². The summed E-state index contributed by atoms with van der Waals surface area (Å²) in [6.45, 7) is 20.7. The number of methoxy groups -OCH3 is 1. The standard InChI is InChI=1S/C49H67N5O12Si/c1-12-22-63-49(61)53-43(29(2)3)45(57)50-33(10)44(56)51-36-20-18-34(19-21-36)28-64-48(60)52-40-25-42(66-67(30(4)5,31(6)7)32(8)9)41(62-11)24-39(40)46(58)54-26-38(23-37(54)27-55)65-47(59)35-16-14-13-15-17-35/h12-21,24-25,29-33,37-38,43,55H,1,22-23,26-28H2,2-11H3,(H,50,57)(H,51,56)(H,52,60)(H,53,61)/t33?,37-,38-,43?/m0/s1. The number of aliphatic hydroxyl groups excluding tert-OH is 1. The predicted octanol–water partition coefficient (Wildman–Crippen LogP) is 7.81. The molecule has 0 saturated carbocycles. The molecule has 4 rings (SSSR count).